The summed E-state index contributed by atoms with van der Waals surface area (Å²) in [6, 6.07) is 1.87. The molecule has 1 aromatic carbocycles. The van der Waals surface area contributed by atoms with E-state index in [2.05, 4.69) is 26.1 Å². The van der Waals surface area contributed by atoms with Gasteiger partial charge in [0.15, 0.2) is 0 Å². The summed E-state index contributed by atoms with van der Waals surface area (Å²) < 4.78 is 66.6. The SMILES string of the molecule is CN[C@@H](CC(C)(C)C)C(=O)N(C)[C@H]1CC[C@@H]2CN(S(=O)(=O)c3ccc(C(F)(F)F)cc3Cl)C[C@@H]21. The lowest BCUT2D eigenvalue weighted by molar-refractivity contribution is -0.137. The molecule has 4 atom stereocenters. The molecule has 0 spiro atoms. The van der Waals surface area contributed by atoms with Gasteiger partial charge in [-0.25, -0.2) is 8.42 Å². The van der Waals surface area contributed by atoms with Gasteiger partial charge in [-0.3, -0.25) is 4.79 Å². The summed E-state index contributed by atoms with van der Waals surface area (Å²) in [6.07, 6.45) is -2.37. The molecule has 1 aromatic rings. The minimum Gasteiger partial charge on any atom is -0.341 e. The van der Waals surface area contributed by atoms with Crippen LogP contribution >= 0.6 is 11.6 Å². The molecule has 11 heteroatoms. The van der Waals surface area contributed by atoms with Crippen LogP contribution in [0.15, 0.2) is 23.1 Å². The first-order valence-corrected chi connectivity index (χ1v) is 13.2. The molecule has 2 fully saturated rings. The lowest BCUT2D eigenvalue weighted by Gasteiger charge is -2.34. The van der Waals surface area contributed by atoms with Gasteiger partial charge in [-0.1, -0.05) is 32.4 Å². The summed E-state index contributed by atoms with van der Waals surface area (Å²) in [5.74, 6) is 0.0261. The first kappa shape index (κ1) is 27.2. The number of nitrogens with zero attached hydrogens (tertiary/aromatic N) is 2. The highest BCUT2D eigenvalue weighted by molar-refractivity contribution is 7.89. The van der Waals surface area contributed by atoms with Crippen LogP contribution in [0.2, 0.25) is 5.02 Å². The minimum atomic E-state index is -4.61. The number of carbonyl (C=O) groups is 1. The largest absolute Gasteiger partial charge is 0.416 e. The molecule has 1 amide bonds. The second-order valence-corrected chi connectivity index (χ2v) is 12.9. The topological polar surface area (TPSA) is 69.7 Å². The highest BCUT2D eigenvalue weighted by Gasteiger charge is 2.49. The molecule has 1 saturated carbocycles. The quantitative estimate of drug-likeness (QED) is 0.605. The van der Waals surface area contributed by atoms with Gasteiger partial charge in [0.2, 0.25) is 15.9 Å². The first-order valence-electron chi connectivity index (χ1n) is 11.4. The molecule has 1 saturated heterocycles. The average Bonchev–Trinajstić information content (AvgIpc) is 3.30. The average molecular weight is 524 g/mol. The normalized spacial score (nSPS) is 24.8. The second kappa shape index (κ2) is 9.59. The van der Waals surface area contributed by atoms with E-state index in [-0.39, 0.29) is 53.2 Å². The van der Waals surface area contributed by atoms with Gasteiger partial charge in [0.1, 0.15) is 4.90 Å². The van der Waals surface area contributed by atoms with Crippen LogP contribution in [0.25, 0.3) is 0 Å². The van der Waals surface area contributed by atoms with Crippen molar-refractivity contribution < 1.29 is 26.4 Å². The number of carbonyl (C=O) groups excluding carboxylic acids is 1. The number of likely N-dealkylation sites (N-methyl/N-ethyl adjacent to an activating group) is 2. The van der Waals surface area contributed by atoms with Gasteiger partial charge >= 0.3 is 6.18 Å². The molecule has 34 heavy (non-hydrogen) atoms. The number of rotatable bonds is 6. The van der Waals surface area contributed by atoms with Crippen LogP contribution < -0.4 is 5.32 Å². The number of fused-ring (bicyclic) bond motifs is 1. The fourth-order valence-corrected chi connectivity index (χ4v) is 7.29. The summed E-state index contributed by atoms with van der Waals surface area (Å²) in [7, 11) is -0.539. The molecule has 1 N–H and O–H groups in total. The van der Waals surface area contributed by atoms with E-state index in [0.717, 1.165) is 25.0 Å². The molecule has 2 aliphatic rings. The minimum absolute atomic E-state index is 0.0184. The van der Waals surface area contributed by atoms with Gasteiger partial charge in [-0.15, -0.1) is 0 Å². The zero-order valence-electron chi connectivity index (χ0n) is 20.1. The smallest absolute Gasteiger partial charge is 0.341 e. The maximum atomic E-state index is 13.2. The van der Waals surface area contributed by atoms with Gasteiger partial charge in [-0.05, 0) is 61.8 Å². The Bertz CT molecular complexity index is 1030. The zero-order valence-corrected chi connectivity index (χ0v) is 21.7. The molecule has 192 valence electrons. The molecule has 1 aliphatic heterocycles. The Hall–Kier alpha value is -1.36. The molecule has 6 nitrogen and oxygen atoms in total. The Balaban J connectivity index is 1.77. The van der Waals surface area contributed by atoms with Crippen molar-refractivity contribution in [2.24, 2.45) is 17.3 Å². The first-order chi connectivity index (χ1) is 15.6. The van der Waals surface area contributed by atoms with E-state index in [1.165, 1.54) is 4.31 Å². The van der Waals surface area contributed by atoms with E-state index >= 15 is 0 Å². The van der Waals surface area contributed by atoms with Gasteiger partial charge in [0, 0.05) is 26.2 Å². The van der Waals surface area contributed by atoms with Crippen LogP contribution in [-0.4, -0.2) is 62.8 Å². The Morgan fingerprint density at radius 2 is 1.88 bits per heavy atom. The Labute approximate surface area is 204 Å². The van der Waals surface area contributed by atoms with E-state index < -0.39 is 26.8 Å². The Morgan fingerprint density at radius 3 is 2.41 bits per heavy atom. The fourth-order valence-electron chi connectivity index (χ4n) is 5.23. The number of benzene rings is 1. The van der Waals surface area contributed by atoms with E-state index in [9.17, 15) is 26.4 Å². The highest BCUT2D eigenvalue weighted by atomic mass is 35.5. The molecule has 1 aliphatic carbocycles. The summed E-state index contributed by atoms with van der Waals surface area (Å²) in [5.41, 5.74) is -1.04. The number of amides is 1. The summed E-state index contributed by atoms with van der Waals surface area (Å²) >= 11 is 5.98. The lowest BCUT2D eigenvalue weighted by Crippen LogP contribution is -2.50. The number of halogens is 4. The Kier molecular flexibility index (Phi) is 7.68. The number of sulfonamides is 1. The van der Waals surface area contributed by atoms with E-state index in [4.69, 9.17) is 11.6 Å². The number of hydrogen-bond acceptors (Lipinski definition) is 4. The van der Waals surface area contributed by atoms with Crippen molar-refractivity contribution in [1.82, 2.24) is 14.5 Å². The maximum Gasteiger partial charge on any atom is 0.416 e. The molecule has 0 aromatic heterocycles. The molecule has 3 rings (SSSR count). The standard InChI is InChI=1S/C23H33ClF3N3O3S/c1-22(2,3)11-18(28-4)21(31)29(5)19-8-6-14-12-30(13-16(14)19)34(32,33)20-9-7-15(10-17(20)24)23(25,26)27/h7,9-10,14,16,18-19,28H,6,8,11-13H2,1-5H3/t14-,16+,18+,19+/m1/s1. The zero-order chi connectivity index (χ0) is 25.6. The molecular formula is C23H33ClF3N3O3S. The maximum absolute atomic E-state index is 13.2. The summed E-state index contributed by atoms with van der Waals surface area (Å²) in [4.78, 5) is 14.6. The van der Waals surface area contributed by atoms with Crippen LogP contribution in [0, 0.1) is 17.3 Å². The van der Waals surface area contributed by atoms with Crippen molar-refractivity contribution in [2.45, 2.75) is 63.2 Å². The highest BCUT2D eigenvalue weighted by Crippen LogP contribution is 2.43. The number of hydrogen-bond donors (Lipinski definition) is 1. The van der Waals surface area contributed by atoms with E-state index in [1.807, 2.05) is 0 Å². The van der Waals surface area contributed by atoms with Crippen molar-refractivity contribution in [3.05, 3.63) is 28.8 Å². The second-order valence-electron chi connectivity index (χ2n) is 10.6. The van der Waals surface area contributed by atoms with Crippen LogP contribution in [0.3, 0.4) is 0 Å². The lowest BCUT2D eigenvalue weighted by atomic mass is 9.87. The van der Waals surface area contributed by atoms with Gasteiger partial charge in [-0.2, -0.15) is 17.5 Å². The van der Waals surface area contributed by atoms with E-state index in [1.54, 1.807) is 19.0 Å². The van der Waals surface area contributed by atoms with E-state index in [0.29, 0.717) is 12.5 Å². The van der Waals surface area contributed by atoms with Gasteiger partial charge < -0.3 is 10.2 Å². The third-order valence-corrected chi connectivity index (χ3v) is 9.29. The van der Waals surface area contributed by atoms with Crippen molar-refractivity contribution in [3.63, 3.8) is 0 Å². The Morgan fingerprint density at radius 1 is 1.24 bits per heavy atom. The van der Waals surface area contributed by atoms with Gasteiger partial charge in [0.05, 0.1) is 16.6 Å². The van der Waals surface area contributed by atoms with Crippen molar-refractivity contribution in [1.29, 1.82) is 0 Å². The predicted octanol–water partition coefficient (Wildman–Crippen LogP) is 4.24. The predicted molar refractivity (Wildman–Crippen MR) is 125 cm³/mol. The summed E-state index contributed by atoms with van der Waals surface area (Å²) in [6.45, 7) is 6.68. The van der Waals surface area contributed by atoms with Crippen LogP contribution in [0.5, 0.6) is 0 Å². The molecule has 1 heterocycles. The fraction of sp³-hybridized carbons (Fsp3) is 0.696. The molecule has 0 unspecified atom stereocenters. The number of alkyl halides is 3. The van der Waals surface area contributed by atoms with Crippen LogP contribution in [0.1, 0.15) is 45.6 Å². The molecule has 0 bridgehead atoms. The monoisotopic (exact) mass is 523 g/mol. The van der Waals surface area contributed by atoms with Crippen molar-refractivity contribution in [3.8, 4) is 0 Å². The van der Waals surface area contributed by atoms with Crippen LogP contribution in [0.4, 0.5) is 13.2 Å². The number of nitrogens with one attached hydrogen (secondary N) is 1. The third-order valence-electron chi connectivity index (χ3n) is 6.97. The third kappa shape index (κ3) is 5.55. The van der Waals surface area contributed by atoms with Crippen LogP contribution in [-0.2, 0) is 21.0 Å². The van der Waals surface area contributed by atoms with Crippen molar-refractivity contribution in [2.75, 3.05) is 27.2 Å². The molecule has 0 radical (unpaired) electrons. The molecular weight excluding hydrogens is 491 g/mol. The summed E-state index contributed by atoms with van der Waals surface area (Å²) in [5, 5.41) is 2.66. The van der Waals surface area contributed by atoms with Crippen molar-refractivity contribution >= 4 is 27.5 Å². The van der Waals surface area contributed by atoms with Gasteiger partial charge in [0.25, 0.3) is 0 Å².